The molecule has 1 aromatic carbocycles. The highest BCUT2D eigenvalue weighted by Gasteiger charge is 2.38. The van der Waals surface area contributed by atoms with Gasteiger partial charge in [-0.3, -0.25) is 0 Å². The Hall–Kier alpha value is -1.78. The second-order valence-electron chi connectivity index (χ2n) is 4.79. The van der Waals surface area contributed by atoms with Crippen molar-refractivity contribution in [1.29, 1.82) is 0 Å². The van der Waals surface area contributed by atoms with Crippen molar-refractivity contribution in [2.24, 2.45) is 5.73 Å². The minimum absolute atomic E-state index is 0.104. The Kier molecular flexibility index (Phi) is 2.92. The molecule has 0 saturated heterocycles. The molecule has 0 aromatic heterocycles. The van der Waals surface area contributed by atoms with Gasteiger partial charge in [0.15, 0.2) is 0 Å². The number of aliphatic hydroxyl groups is 1. The Morgan fingerprint density at radius 1 is 1.28 bits per heavy atom. The molecule has 0 radical (unpaired) electrons. The Balaban J connectivity index is 2.68. The smallest absolute Gasteiger partial charge is 0.145 e. The second-order valence-corrected chi connectivity index (χ2v) is 4.79. The summed E-state index contributed by atoms with van der Waals surface area (Å²) >= 11 is 0. The van der Waals surface area contributed by atoms with Gasteiger partial charge in [-0.05, 0) is 31.6 Å². The lowest BCUT2D eigenvalue weighted by molar-refractivity contribution is 0.0701. The van der Waals surface area contributed by atoms with E-state index in [2.05, 4.69) is 0 Å². The lowest BCUT2D eigenvalue weighted by Crippen LogP contribution is -2.44. The molecule has 2 atom stereocenters. The number of hydrogen-bond donors (Lipinski definition) is 4. The van der Waals surface area contributed by atoms with Crippen molar-refractivity contribution in [2.45, 2.75) is 25.5 Å². The fraction of sp³-hybridized carbons (Fsp3) is 0.286. The average Bonchev–Trinajstić information content (AvgIpc) is 2.30. The number of anilines is 1. The van der Waals surface area contributed by atoms with Crippen LogP contribution in [0.3, 0.4) is 0 Å². The van der Waals surface area contributed by atoms with Crippen molar-refractivity contribution in [2.75, 3.05) is 5.73 Å². The van der Waals surface area contributed by atoms with E-state index in [1.54, 1.807) is 31.2 Å². The predicted octanol–water partition coefficient (Wildman–Crippen LogP) is 1.31. The number of hydrogen-bond acceptors (Lipinski definition) is 4. The van der Waals surface area contributed by atoms with Crippen molar-refractivity contribution in [3.8, 4) is 5.75 Å². The summed E-state index contributed by atoms with van der Waals surface area (Å²) in [6.45, 7) is 3.67. The molecule has 0 saturated carbocycles. The van der Waals surface area contributed by atoms with Crippen LogP contribution in [-0.2, 0) is 5.60 Å². The largest absolute Gasteiger partial charge is 0.505 e. The number of nitrogens with two attached hydrogens (primary N) is 2. The van der Waals surface area contributed by atoms with Gasteiger partial charge in [0.05, 0.1) is 11.7 Å². The first kappa shape index (κ1) is 12.7. The van der Waals surface area contributed by atoms with E-state index in [0.717, 1.165) is 11.1 Å². The molecule has 0 heterocycles. The summed E-state index contributed by atoms with van der Waals surface area (Å²) in [4.78, 5) is 0. The molecule has 2 rings (SSSR count). The van der Waals surface area contributed by atoms with Crippen molar-refractivity contribution < 1.29 is 10.2 Å². The number of benzene rings is 1. The number of rotatable bonds is 1. The van der Waals surface area contributed by atoms with E-state index >= 15 is 0 Å². The average molecular weight is 246 g/mol. The van der Waals surface area contributed by atoms with Gasteiger partial charge in [-0.1, -0.05) is 23.8 Å². The molecule has 2 unspecified atom stereocenters. The van der Waals surface area contributed by atoms with Gasteiger partial charge in [-0.15, -0.1) is 0 Å². The van der Waals surface area contributed by atoms with Gasteiger partial charge in [0.2, 0.25) is 0 Å². The molecular weight excluding hydrogens is 228 g/mol. The van der Waals surface area contributed by atoms with Crippen molar-refractivity contribution in [3.63, 3.8) is 0 Å². The van der Waals surface area contributed by atoms with Crippen molar-refractivity contribution >= 4 is 5.69 Å². The molecule has 1 aliphatic rings. The molecule has 6 N–H and O–H groups in total. The summed E-state index contributed by atoms with van der Waals surface area (Å²) in [5.74, 6) is -0.104. The van der Waals surface area contributed by atoms with Crippen LogP contribution < -0.4 is 11.5 Å². The maximum Gasteiger partial charge on any atom is 0.145 e. The number of nitrogen functional groups attached to an aromatic ring is 1. The van der Waals surface area contributed by atoms with E-state index in [-0.39, 0.29) is 11.4 Å². The van der Waals surface area contributed by atoms with Crippen LogP contribution in [0.25, 0.3) is 0 Å². The minimum Gasteiger partial charge on any atom is -0.505 e. The zero-order valence-corrected chi connectivity index (χ0v) is 10.5. The number of allylic oxidation sites excluding steroid dienone is 2. The van der Waals surface area contributed by atoms with Gasteiger partial charge >= 0.3 is 0 Å². The van der Waals surface area contributed by atoms with E-state index in [0.29, 0.717) is 5.56 Å². The van der Waals surface area contributed by atoms with Crippen LogP contribution >= 0.6 is 0 Å². The molecule has 96 valence electrons. The minimum atomic E-state index is -1.43. The molecule has 0 spiro atoms. The zero-order valence-electron chi connectivity index (χ0n) is 10.5. The molecule has 4 nitrogen and oxygen atoms in total. The summed E-state index contributed by atoms with van der Waals surface area (Å²) < 4.78 is 0. The van der Waals surface area contributed by atoms with Gasteiger partial charge in [-0.25, -0.2) is 0 Å². The Morgan fingerprint density at radius 3 is 2.61 bits per heavy atom. The Labute approximate surface area is 106 Å². The zero-order chi connectivity index (χ0) is 13.5. The lowest BCUT2D eigenvalue weighted by Gasteiger charge is -2.34. The second kappa shape index (κ2) is 4.15. The van der Waals surface area contributed by atoms with Crippen LogP contribution in [0.5, 0.6) is 5.75 Å². The van der Waals surface area contributed by atoms with Crippen LogP contribution in [-0.4, -0.2) is 16.3 Å². The molecule has 1 aromatic rings. The number of phenolic OH excluding ortho intramolecular Hbond substituents is 1. The third-order valence-electron chi connectivity index (χ3n) is 3.34. The topological polar surface area (TPSA) is 92.5 Å². The van der Waals surface area contributed by atoms with Gasteiger partial charge in [-0.2, -0.15) is 0 Å². The fourth-order valence-corrected chi connectivity index (χ4v) is 2.35. The van der Waals surface area contributed by atoms with Gasteiger partial charge in [0.25, 0.3) is 0 Å². The molecule has 18 heavy (non-hydrogen) atoms. The summed E-state index contributed by atoms with van der Waals surface area (Å²) in [7, 11) is 0. The van der Waals surface area contributed by atoms with Gasteiger partial charge in [0, 0.05) is 5.56 Å². The van der Waals surface area contributed by atoms with E-state index < -0.39 is 11.6 Å². The maximum absolute atomic E-state index is 10.8. The Morgan fingerprint density at radius 2 is 1.94 bits per heavy atom. The highest BCUT2D eigenvalue weighted by Crippen LogP contribution is 2.40. The highest BCUT2D eigenvalue weighted by atomic mass is 16.3. The lowest BCUT2D eigenvalue weighted by atomic mass is 9.79. The molecule has 0 fully saturated rings. The van der Waals surface area contributed by atoms with Crippen LogP contribution in [0.1, 0.15) is 18.1 Å². The first-order valence-corrected chi connectivity index (χ1v) is 5.80. The normalized spacial score (nSPS) is 27.1. The Bertz CT molecular complexity index is 549. The number of aryl methyl sites for hydroxylation is 1. The van der Waals surface area contributed by atoms with E-state index in [1.807, 2.05) is 13.0 Å². The van der Waals surface area contributed by atoms with E-state index in [4.69, 9.17) is 11.5 Å². The highest BCUT2D eigenvalue weighted by molar-refractivity contribution is 5.62. The van der Waals surface area contributed by atoms with Crippen LogP contribution in [0.15, 0.2) is 35.9 Å². The van der Waals surface area contributed by atoms with Gasteiger partial charge < -0.3 is 21.7 Å². The number of phenols is 1. The SMILES string of the molecule is CC1=CC(O)(c2c(C)ccc(N)c2O)C(N)C=C1. The maximum atomic E-state index is 10.8. The summed E-state index contributed by atoms with van der Waals surface area (Å²) in [5.41, 5.74) is 12.5. The molecule has 4 heteroatoms. The predicted molar refractivity (Wildman–Crippen MR) is 72.0 cm³/mol. The summed E-state index contributed by atoms with van der Waals surface area (Å²) in [6.07, 6.45) is 5.22. The van der Waals surface area contributed by atoms with Crippen LogP contribution in [0.2, 0.25) is 0 Å². The first-order chi connectivity index (χ1) is 8.36. The van der Waals surface area contributed by atoms with Crippen LogP contribution in [0, 0.1) is 6.92 Å². The van der Waals surface area contributed by atoms with Crippen molar-refractivity contribution in [3.05, 3.63) is 47.1 Å². The molecule has 0 aliphatic heterocycles. The van der Waals surface area contributed by atoms with Gasteiger partial charge in [0.1, 0.15) is 11.4 Å². The molecular formula is C14H18N2O2. The third-order valence-corrected chi connectivity index (χ3v) is 3.34. The standard InChI is InChI=1S/C14H18N2O2/c1-8-3-6-11(16)14(18,7-8)12-9(2)4-5-10(15)13(12)17/h3-7,11,17-18H,15-16H2,1-2H3. The molecule has 0 bridgehead atoms. The summed E-state index contributed by atoms with van der Waals surface area (Å²) in [5, 5.41) is 20.9. The van der Waals surface area contributed by atoms with Crippen LogP contribution in [0.4, 0.5) is 5.69 Å². The van der Waals surface area contributed by atoms with Crippen molar-refractivity contribution in [1.82, 2.24) is 0 Å². The molecule has 1 aliphatic carbocycles. The number of aromatic hydroxyl groups is 1. The third kappa shape index (κ3) is 1.79. The first-order valence-electron chi connectivity index (χ1n) is 5.80. The van der Waals surface area contributed by atoms with E-state index in [9.17, 15) is 10.2 Å². The van der Waals surface area contributed by atoms with E-state index in [1.165, 1.54) is 0 Å². The fourth-order valence-electron chi connectivity index (χ4n) is 2.35. The monoisotopic (exact) mass is 246 g/mol. The quantitative estimate of drug-likeness (QED) is 0.444. The molecule has 0 amide bonds. The summed E-state index contributed by atoms with van der Waals surface area (Å²) in [6, 6.07) is 2.75.